The standard InChI is InChI=1S/C22H16FN7O2S/c1-32-19-4-3-15(23)10-17(19)18-12-27-8-6-16(18)21(31)29-22(26)33-20(25)5-2-14-11-28-30(13-14)9-7-24/h3-4,6,8,10-13,25H,9H2,1H3,(H2,26,29,31). The van der Waals surface area contributed by atoms with Gasteiger partial charge in [-0.1, -0.05) is 5.92 Å². The lowest BCUT2D eigenvalue weighted by Gasteiger charge is -2.13. The average molecular weight is 461 g/mol. The number of aromatic nitrogens is 3. The number of rotatable bonds is 4. The number of nitrogens with zero attached hydrogens (tertiary/aromatic N) is 4. The van der Waals surface area contributed by atoms with Gasteiger partial charge in [0.2, 0.25) is 0 Å². The molecule has 0 saturated heterocycles. The number of hydrogen-bond donors (Lipinski definition) is 3. The number of hydrogen-bond acceptors (Lipinski definition) is 8. The molecule has 3 aromatic rings. The summed E-state index contributed by atoms with van der Waals surface area (Å²) in [6.45, 7) is 0.0864. The Balaban J connectivity index is 1.71. The maximum Gasteiger partial charge on any atom is 0.257 e. The zero-order valence-corrected chi connectivity index (χ0v) is 18.0. The predicted molar refractivity (Wildman–Crippen MR) is 121 cm³/mol. The van der Waals surface area contributed by atoms with Crippen LogP contribution in [0, 0.1) is 39.8 Å². The van der Waals surface area contributed by atoms with Crippen LogP contribution < -0.4 is 10.1 Å². The molecular weight excluding hydrogens is 445 g/mol. The number of amides is 1. The van der Waals surface area contributed by atoms with Crippen molar-refractivity contribution in [1.29, 1.82) is 16.1 Å². The molecule has 164 valence electrons. The molecule has 0 saturated carbocycles. The molecule has 0 aliphatic heterocycles. The number of halogens is 1. The van der Waals surface area contributed by atoms with Crippen LogP contribution in [-0.2, 0) is 6.54 Å². The monoisotopic (exact) mass is 461 g/mol. The van der Waals surface area contributed by atoms with Crippen LogP contribution in [0.3, 0.4) is 0 Å². The number of carbonyl (C=O) groups excluding carboxylic acids is 1. The fourth-order valence-electron chi connectivity index (χ4n) is 2.74. The normalized spacial score (nSPS) is 9.85. The summed E-state index contributed by atoms with van der Waals surface area (Å²) in [5, 5.41) is 30.4. The third-order valence-electron chi connectivity index (χ3n) is 4.13. The van der Waals surface area contributed by atoms with Crippen molar-refractivity contribution in [3.63, 3.8) is 0 Å². The Hall–Kier alpha value is -4.48. The maximum absolute atomic E-state index is 13.8. The van der Waals surface area contributed by atoms with Crippen LogP contribution in [0.25, 0.3) is 11.1 Å². The second kappa shape index (κ2) is 10.7. The Kier molecular flexibility index (Phi) is 7.52. The molecule has 0 spiro atoms. The van der Waals surface area contributed by atoms with E-state index in [4.69, 9.17) is 20.8 Å². The van der Waals surface area contributed by atoms with E-state index in [1.807, 2.05) is 6.07 Å². The predicted octanol–water partition coefficient (Wildman–Crippen LogP) is 3.04. The fraction of sp³-hybridized carbons (Fsp3) is 0.0909. The van der Waals surface area contributed by atoms with Gasteiger partial charge in [-0.3, -0.25) is 25.3 Å². The number of benzene rings is 1. The number of nitrogens with one attached hydrogen (secondary N) is 3. The maximum atomic E-state index is 13.8. The van der Waals surface area contributed by atoms with Gasteiger partial charge in [-0.2, -0.15) is 10.4 Å². The summed E-state index contributed by atoms with van der Waals surface area (Å²) in [7, 11) is 1.43. The van der Waals surface area contributed by atoms with Gasteiger partial charge in [0.1, 0.15) is 23.2 Å². The molecular formula is C22H16FN7O2S. The number of nitriles is 1. The molecule has 2 aromatic heterocycles. The van der Waals surface area contributed by atoms with Crippen molar-refractivity contribution in [2.75, 3.05) is 7.11 Å². The second-order valence-electron chi connectivity index (χ2n) is 6.32. The molecule has 0 aliphatic carbocycles. The van der Waals surface area contributed by atoms with E-state index in [9.17, 15) is 9.18 Å². The zero-order chi connectivity index (χ0) is 23.8. The molecule has 3 N–H and O–H groups in total. The highest BCUT2D eigenvalue weighted by atomic mass is 32.2. The number of methoxy groups -OCH3 is 1. The number of thioether (sulfide) groups is 1. The number of pyridine rings is 1. The minimum atomic E-state index is -0.630. The molecule has 0 fully saturated rings. The minimum Gasteiger partial charge on any atom is -0.496 e. The Morgan fingerprint density at radius 3 is 2.88 bits per heavy atom. The summed E-state index contributed by atoms with van der Waals surface area (Å²) in [4.78, 5) is 16.8. The van der Waals surface area contributed by atoms with Gasteiger partial charge in [-0.05, 0) is 41.9 Å². The van der Waals surface area contributed by atoms with Crippen LogP contribution in [0.2, 0.25) is 0 Å². The molecule has 1 amide bonds. The molecule has 0 radical (unpaired) electrons. The van der Waals surface area contributed by atoms with Crippen LogP contribution >= 0.6 is 11.8 Å². The summed E-state index contributed by atoms with van der Waals surface area (Å²) >= 11 is 0.652. The van der Waals surface area contributed by atoms with Gasteiger partial charge < -0.3 is 10.1 Å². The van der Waals surface area contributed by atoms with E-state index in [1.54, 1.807) is 6.20 Å². The summed E-state index contributed by atoms with van der Waals surface area (Å²) < 4.78 is 20.5. The van der Waals surface area contributed by atoms with Crippen molar-refractivity contribution in [1.82, 2.24) is 20.1 Å². The van der Waals surface area contributed by atoms with Gasteiger partial charge in [-0.25, -0.2) is 4.39 Å². The van der Waals surface area contributed by atoms with Gasteiger partial charge in [0.15, 0.2) is 5.17 Å². The first-order valence-corrected chi connectivity index (χ1v) is 10.1. The van der Waals surface area contributed by atoms with Crippen molar-refractivity contribution in [3.05, 3.63) is 66.0 Å². The van der Waals surface area contributed by atoms with E-state index in [-0.39, 0.29) is 22.3 Å². The van der Waals surface area contributed by atoms with Crippen molar-refractivity contribution in [2.24, 2.45) is 0 Å². The molecule has 3 rings (SSSR count). The number of ether oxygens (including phenoxy) is 1. The second-order valence-corrected chi connectivity index (χ2v) is 7.34. The van der Waals surface area contributed by atoms with E-state index in [0.29, 0.717) is 34.2 Å². The average Bonchev–Trinajstić information content (AvgIpc) is 3.25. The fourth-order valence-corrected chi connectivity index (χ4v) is 3.19. The third kappa shape index (κ3) is 6.03. The SMILES string of the molecule is COc1ccc(F)cc1-c1cnccc1C(=O)NC(=N)SC(=N)C#Cc1cnn(CC#N)c1. The van der Waals surface area contributed by atoms with Crippen molar-refractivity contribution >= 4 is 27.9 Å². The minimum absolute atomic E-state index is 0.0864. The topological polar surface area (TPSA) is 141 Å². The lowest BCUT2D eigenvalue weighted by Crippen LogP contribution is -2.28. The zero-order valence-electron chi connectivity index (χ0n) is 17.2. The van der Waals surface area contributed by atoms with Gasteiger partial charge in [-0.15, -0.1) is 0 Å². The van der Waals surface area contributed by atoms with Crippen molar-refractivity contribution in [2.45, 2.75) is 6.54 Å². The molecule has 0 atom stereocenters. The number of carbonyl (C=O) groups is 1. The first-order valence-electron chi connectivity index (χ1n) is 9.27. The van der Waals surface area contributed by atoms with E-state index < -0.39 is 11.7 Å². The lowest BCUT2D eigenvalue weighted by molar-refractivity contribution is 0.0978. The van der Waals surface area contributed by atoms with Gasteiger partial charge in [0.25, 0.3) is 5.91 Å². The van der Waals surface area contributed by atoms with Gasteiger partial charge >= 0.3 is 0 Å². The van der Waals surface area contributed by atoms with Crippen LogP contribution in [0.1, 0.15) is 15.9 Å². The Labute approximate surface area is 192 Å². The van der Waals surface area contributed by atoms with E-state index in [0.717, 1.165) is 0 Å². The van der Waals surface area contributed by atoms with E-state index in [2.05, 4.69) is 27.2 Å². The van der Waals surface area contributed by atoms with Crippen LogP contribution in [0.4, 0.5) is 4.39 Å². The summed E-state index contributed by atoms with van der Waals surface area (Å²) in [6.07, 6.45) is 5.83. The van der Waals surface area contributed by atoms with Gasteiger partial charge in [0.05, 0.1) is 30.5 Å². The summed E-state index contributed by atoms with van der Waals surface area (Å²) in [5.41, 5.74) is 1.33. The first-order chi connectivity index (χ1) is 15.9. The van der Waals surface area contributed by atoms with Crippen molar-refractivity contribution < 1.29 is 13.9 Å². The number of amidine groups is 1. The van der Waals surface area contributed by atoms with Crippen LogP contribution in [0.15, 0.2) is 49.1 Å². The largest absolute Gasteiger partial charge is 0.496 e. The Morgan fingerprint density at radius 1 is 1.30 bits per heavy atom. The first kappa shape index (κ1) is 23.2. The highest BCUT2D eigenvalue weighted by molar-refractivity contribution is 8.26. The van der Waals surface area contributed by atoms with E-state index >= 15 is 0 Å². The highest BCUT2D eigenvalue weighted by Gasteiger charge is 2.18. The highest BCUT2D eigenvalue weighted by Crippen LogP contribution is 2.32. The van der Waals surface area contributed by atoms with Gasteiger partial charge in [0, 0.05) is 29.7 Å². The van der Waals surface area contributed by atoms with Crippen LogP contribution in [0.5, 0.6) is 5.75 Å². The Bertz CT molecular complexity index is 1330. The Morgan fingerprint density at radius 2 is 2.12 bits per heavy atom. The van der Waals surface area contributed by atoms with Crippen LogP contribution in [-0.4, -0.2) is 38.0 Å². The molecule has 11 heteroatoms. The third-order valence-corrected chi connectivity index (χ3v) is 4.75. The molecule has 9 nitrogen and oxygen atoms in total. The smallest absolute Gasteiger partial charge is 0.257 e. The molecule has 33 heavy (non-hydrogen) atoms. The molecule has 0 unspecified atom stereocenters. The molecule has 0 aliphatic rings. The molecule has 2 heterocycles. The lowest BCUT2D eigenvalue weighted by atomic mass is 10.0. The molecule has 0 bridgehead atoms. The quantitative estimate of drug-likeness (QED) is 0.310. The van der Waals surface area contributed by atoms with E-state index in [1.165, 1.54) is 54.6 Å². The summed E-state index contributed by atoms with van der Waals surface area (Å²) in [5.74, 6) is 4.49. The van der Waals surface area contributed by atoms with Crippen molar-refractivity contribution in [3.8, 4) is 34.8 Å². The molecule has 1 aromatic carbocycles. The summed E-state index contributed by atoms with van der Waals surface area (Å²) in [6, 6.07) is 7.31.